The first-order chi connectivity index (χ1) is 9.02. The molecular weight excluding hydrogens is 289 g/mol. The van der Waals surface area contributed by atoms with Crippen molar-refractivity contribution in [2.24, 2.45) is 0 Å². The standard InChI is InChI=1S/C15H12Cl2F2/c1-2-9-3-5-10(6-4-9)15(17)11-7-14(19)12(16)8-13(11)18/h3-8,15H,2H2,1H3. The van der Waals surface area contributed by atoms with E-state index in [1.54, 1.807) is 0 Å². The van der Waals surface area contributed by atoms with Gasteiger partial charge in [-0.2, -0.15) is 0 Å². The molecule has 0 spiro atoms. The Kier molecular flexibility index (Phi) is 4.43. The van der Waals surface area contributed by atoms with Gasteiger partial charge >= 0.3 is 0 Å². The van der Waals surface area contributed by atoms with Crippen LogP contribution >= 0.6 is 23.2 Å². The van der Waals surface area contributed by atoms with E-state index in [1.807, 2.05) is 31.2 Å². The van der Waals surface area contributed by atoms with Crippen LogP contribution in [0.5, 0.6) is 0 Å². The third kappa shape index (κ3) is 3.07. The van der Waals surface area contributed by atoms with Crippen LogP contribution < -0.4 is 0 Å². The van der Waals surface area contributed by atoms with E-state index in [2.05, 4.69) is 0 Å². The van der Waals surface area contributed by atoms with Crippen LogP contribution in [0.4, 0.5) is 8.78 Å². The molecule has 1 unspecified atom stereocenters. The van der Waals surface area contributed by atoms with Crippen molar-refractivity contribution >= 4 is 23.2 Å². The van der Waals surface area contributed by atoms with E-state index in [1.165, 1.54) is 0 Å². The molecule has 4 heteroatoms. The SMILES string of the molecule is CCc1ccc(C(Cl)c2cc(F)c(Cl)cc2F)cc1. The van der Waals surface area contributed by atoms with Gasteiger partial charge in [-0.15, -0.1) is 11.6 Å². The van der Waals surface area contributed by atoms with Crippen molar-refractivity contribution in [2.75, 3.05) is 0 Å². The molecule has 0 saturated heterocycles. The quantitative estimate of drug-likeness (QED) is 0.518. The number of halogens is 4. The minimum Gasteiger partial charge on any atom is -0.207 e. The predicted octanol–water partition coefficient (Wildman–Crippen LogP) is 5.51. The van der Waals surface area contributed by atoms with Gasteiger partial charge in [-0.05, 0) is 29.7 Å². The summed E-state index contributed by atoms with van der Waals surface area (Å²) in [7, 11) is 0. The zero-order valence-electron chi connectivity index (χ0n) is 10.3. The monoisotopic (exact) mass is 300 g/mol. The topological polar surface area (TPSA) is 0 Å². The van der Waals surface area contributed by atoms with Gasteiger partial charge in [0.1, 0.15) is 11.6 Å². The first-order valence-electron chi connectivity index (χ1n) is 5.90. The van der Waals surface area contributed by atoms with Crippen LogP contribution in [-0.4, -0.2) is 0 Å². The fraction of sp³-hybridized carbons (Fsp3) is 0.200. The van der Waals surface area contributed by atoms with E-state index in [4.69, 9.17) is 23.2 Å². The fourth-order valence-corrected chi connectivity index (χ4v) is 2.30. The number of hydrogen-bond donors (Lipinski definition) is 0. The summed E-state index contributed by atoms with van der Waals surface area (Å²) < 4.78 is 27.2. The third-order valence-corrected chi connectivity index (χ3v) is 3.77. The molecule has 0 aromatic heterocycles. The Bertz CT molecular complexity index is 579. The summed E-state index contributed by atoms with van der Waals surface area (Å²) in [5.74, 6) is -1.28. The Labute approximate surface area is 121 Å². The average Bonchev–Trinajstić information content (AvgIpc) is 2.42. The summed E-state index contributed by atoms with van der Waals surface area (Å²) in [6.07, 6.45) is 0.914. The molecule has 100 valence electrons. The minimum absolute atomic E-state index is 0.0906. The predicted molar refractivity (Wildman–Crippen MR) is 74.9 cm³/mol. The fourth-order valence-electron chi connectivity index (χ4n) is 1.83. The van der Waals surface area contributed by atoms with Gasteiger partial charge in [-0.25, -0.2) is 8.78 Å². The highest BCUT2D eigenvalue weighted by Crippen LogP contribution is 2.33. The number of aryl methyl sites for hydroxylation is 1. The lowest BCUT2D eigenvalue weighted by molar-refractivity contribution is 0.587. The maximum atomic E-state index is 13.8. The number of rotatable bonds is 3. The zero-order chi connectivity index (χ0) is 14.0. The summed E-state index contributed by atoms with van der Waals surface area (Å²) in [5.41, 5.74) is 1.97. The van der Waals surface area contributed by atoms with Crippen LogP contribution in [0, 0.1) is 11.6 Å². The van der Waals surface area contributed by atoms with Crippen LogP contribution in [0.1, 0.15) is 29.0 Å². The first kappa shape index (κ1) is 14.3. The van der Waals surface area contributed by atoms with Crippen molar-refractivity contribution in [3.63, 3.8) is 0 Å². The Morgan fingerprint density at radius 3 is 2.26 bits per heavy atom. The highest BCUT2D eigenvalue weighted by atomic mass is 35.5. The molecule has 0 aliphatic carbocycles. The molecule has 0 bridgehead atoms. The van der Waals surface area contributed by atoms with Crippen LogP contribution in [0.3, 0.4) is 0 Å². The average molecular weight is 301 g/mol. The molecule has 0 amide bonds. The molecule has 0 saturated carbocycles. The molecule has 2 aromatic carbocycles. The van der Waals surface area contributed by atoms with E-state index in [0.717, 1.165) is 29.7 Å². The minimum atomic E-state index is -0.738. The summed E-state index contributed by atoms with van der Waals surface area (Å²) in [6.45, 7) is 2.04. The first-order valence-corrected chi connectivity index (χ1v) is 6.71. The zero-order valence-corrected chi connectivity index (χ0v) is 11.8. The van der Waals surface area contributed by atoms with Gasteiger partial charge in [-0.1, -0.05) is 42.8 Å². The highest BCUT2D eigenvalue weighted by Gasteiger charge is 2.18. The second kappa shape index (κ2) is 5.89. The second-order valence-corrected chi connectivity index (χ2v) is 5.09. The number of hydrogen-bond acceptors (Lipinski definition) is 0. The largest absolute Gasteiger partial charge is 0.207 e. The number of benzene rings is 2. The van der Waals surface area contributed by atoms with Gasteiger partial charge in [0.2, 0.25) is 0 Å². The molecule has 0 radical (unpaired) electrons. The molecule has 0 heterocycles. The van der Waals surface area contributed by atoms with Crippen LogP contribution in [0.25, 0.3) is 0 Å². The van der Waals surface area contributed by atoms with E-state index in [-0.39, 0.29) is 10.6 Å². The summed E-state index contributed by atoms with van der Waals surface area (Å²) in [5, 5.41) is -0.982. The second-order valence-electron chi connectivity index (χ2n) is 4.25. The summed E-state index contributed by atoms with van der Waals surface area (Å²) in [4.78, 5) is 0. The van der Waals surface area contributed by atoms with Gasteiger partial charge in [0.25, 0.3) is 0 Å². The van der Waals surface area contributed by atoms with E-state index >= 15 is 0 Å². The van der Waals surface area contributed by atoms with Crippen molar-refractivity contribution in [1.29, 1.82) is 0 Å². The van der Waals surface area contributed by atoms with Crippen LogP contribution in [-0.2, 0) is 6.42 Å². The normalized spacial score (nSPS) is 12.5. The highest BCUT2D eigenvalue weighted by molar-refractivity contribution is 6.30. The molecule has 1 atom stereocenters. The van der Waals surface area contributed by atoms with Gasteiger partial charge in [0.15, 0.2) is 0 Å². The van der Waals surface area contributed by atoms with Gasteiger partial charge < -0.3 is 0 Å². The Balaban J connectivity index is 2.37. The van der Waals surface area contributed by atoms with Crippen molar-refractivity contribution in [1.82, 2.24) is 0 Å². The molecule has 2 aromatic rings. The van der Waals surface area contributed by atoms with Gasteiger partial charge in [0, 0.05) is 5.56 Å². The van der Waals surface area contributed by atoms with E-state index < -0.39 is 17.0 Å². The smallest absolute Gasteiger partial charge is 0.142 e. The lowest BCUT2D eigenvalue weighted by Gasteiger charge is -2.12. The maximum Gasteiger partial charge on any atom is 0.142 e. The Morgan fingerprint density at radius 2 is 1.68 bits per heavy atom. The lowest BCUT2D eigenvalue weighted by Crippen LogP contribution is -1.99. The van der Waals surface area contributed by atoms with Gasteiger partial charge in [-0.3, -0.25) is 0 Å². The molecule has 0 fully saturated rings. The maximum absolute atomic E-state index is 13.8. The molecule has 19 heavy (non-hydrogen) atoms. The van der Waals surface area contributed by atoms with Crippen molar-refractivity contribution in [2.45, 2.75) is 18.7 Å². The lowest BCUT2D eigenvalue weighted by atomic mass is 10.0. The van der Waals surface area contributed by atoms with Gasteiger partial charge in [0.05, 0.1) is 10.4 Å². The summed E-state index contributed by atoms with van der Waals surface area (Å²) >= 11 is 11.7. The molecule has 0 aliphatic heterocycles. The molecular formula is C15H12Cl2F2. The summed E-state index contributed by atoms with van der Waals surface area (Å²) in [6, 6.07) is 9.49. The Hall–Kier alpha value is -1.12. The molecule has 0 N–H and O–H groups in total. The van der Waals surface area contributed by atoms with E-state index in [9.17, 15) is 8.78 Å². The van der Waals surface area contributed by atoms with Crippen LogP contribution in [0.2, 0.25) is 5.02 Å². The van der Waals surface area contributed by atoms with Crippen LogP contribution in [0.15, 0.2) is 36.4 Å². The van der Waals surface area contributed by atoms with E-state index in [0.29, 0.717) is 0 Å². The molecule has 0 nitrogen and oxygen atoms in total. The van der Waals surface area contributed by atoms with Crippen molar-refractivity contribution in [3.8, 4) is 0 Å². The molecule has 0 aliphatic rings. The molecule has 2 rings (SSSR count). The third-order valence-electron chi connectivity index (χ3n) is 2.99. The Morgan fingerprint density at radius 1 is 1.05 bits per heavy atom. The van der Waals surface area contributed by atoms with Crippen molar-refractivity contribution < 1.29 is 8.78 Å². The number of alkyl halides is 1. The van der Waals surface area contributed by atoms with Crippen molar-refractivity contribution in [3.05, 3.63) is 69.7 Å².